The molecule has 3 heterocycles. The summed E-state index contributed by atoms with van der Waals surface area (Å²) in [6, 6.07) is 12.9. The number of halogens is 1. The summed E-state index contributed by atoms with van der Waals surface area (Å²) in [4.78, 5) is 16.6. The van der Waals surface area contributed by atoms with Gasteiger partial charge in [0.25, 0.3) is 5.91 Å². The van der Waals surface area contributed by atoms with Crippen molar-refractivity contribution < 1.29 is 9.32 Å². The van der Waals surface area contributed by atoms with Crippen molar-refractivity contribution >= 4 is 44.9 Å². The highest BCUT2D eigenvalue weighted by Gasteiger charge is 2.19. The van der Waals surface area contributed by atoms with E-state index >= 15 is 0 Å². The van der Waals surface area contributed by atoms with Crippen LogP contribution < -0.4 is 5.32 Å². The van der Waals surface area contributed by atoms with Gasteiger partial charge in [0.1, 0.15) is 5.52 Å². The first-order chi connectivity index (χ1) is 14.6. The van der Waals surface area contributed by atoms with E-state index in [2.05, 4.69) is 25.8 Å². The zero-order valence-electron chi connectivity index (χ0n) is 15.5. The molecule has 0 bridgehead atoms. The number of hydrogen-bond acceptors (Lipinski definition) is 7. The van der Waals surface area contributed by atoms with Crippen molar-refractivity contribution in [3.63, 3.8) is 0 Å². The Kier molecular flexibility index (Phi) is 4.53. The molecule has 0 saturated carbocycles. The molecule has 148 valence electrons. The van der Waals surface area contributed by atoms with Gasteiger partial charge in [-0.1, -0.05) is 22.0 Å². The number of hydrogen-bond donors (Lipinski definition) is 1. The molecule has 0 saturated heterocycles. The van der Waals surface area contributed by atoms with Gasteiger partial charge in [0.15, 0.2) is 16.6 Å². The Morgan fingerprint density at radius 1 is 1.20 bits per heavy atom. The Labute approximate surface area is 179 Å². The minimum Gasteiger partial charge on any atom is -0.355 e. The fraction of sp³-hybridized carbons (Fsp3) is 0.0500. The third kappa shape index (κ3) is 3.23. The Bertz CT molecular complexity index is 1360. The SMILES string of the molecule is Cc1c(C(=O)Nc2nccs2)nnn1-c1ccc2noc(-c3ccc(Cl)cc3)c2c1. The maximum absolute atomic E-state index is 12.5. The minimum atomic E-state index is -0.360. The molecule has 0 atom stereocenters. The van der Waals surface area contributed by atoms with Crippen LogP contribution in [0.1, 0.15) is 16.2 Å². The van der Waals surface area contributed by atoms with Crippen LogP contribution in [-0.2, 0) is 0 Å². The number of aromatic nitrogens is 5. The molecule has 30 heavy (non-hydrogen) atoms. The molecule has 0 aliphatic carbocycles. The van der Waals surface area contributed by atoms with Crippen LogP contribution in [-0.4, -0.2) is 31.0 Å². The lowest BCUT2D eigenvalue weighted by Gasteiger charge is -2.04. The lowest BCUT2D eigenvalue weighted by Crippen LogP contribution is -2.14. The third-order valence-corrected chi connectivity index (χ3v) is 5.51. The first kappa shape index (κ1) is 18.5. The van der Waals surface area contributed by atoms with Gasteiger partial charge in [0.2, 0.25) is 0 Å². The molecular formula is C20H13ClN6O2S. The fourth-order valence-electron chi connectivity index (χ4n) is 3.10. The van der Waals surface area contributed by atoms with Crippen LogP contribution in [0.5, 0.6) is 0 Å². The first-order valence-corrected chi connectivity index (χ1v) is 10.1. The van der Waals surface area contributed by atoms with Crippen molar-refractivity contribution in [1.29, 1.82) is 0 Å². The summed E-state index contributed by atoms with van der Waals surface area (Å²) in [5.74, 6) is 0.268. The van der Waals surface area contributed by atoms with E-state index in [9.17, 15) is 4.79 Å². The Morgan fingerprint density at radius 2 is 2.03 bits per heavy atom. The van der Waals surface area contributed by atoms with Crippen LogP contribution in [0.15, 0.2) is 58.6 Å². The molecule has 0 aliphatic heterocycles. The van der Waals surface area contributed by atoms with E-state index in [0.717, 1.165) is 16.6 Å². The molecule has 2 aromatic carbocycles. The van der Waals surface area contributed by atoms with Crippen molar-refractivity contribution in [3.05, 3.63) is 70.5 Å². The second-order valence-electron chi connectivity index (χ2n) is 6.45. The van der Waals surface area contributed by atoms with Gasteiger partial charge in [-0.15, -0.1) is 16.4 Å². The number of fused-ring (bicyclic) bond motifs is 1. The molecule has 0 spiro atoms. The van der Waals surface area contributed by atoms with Crippen LogP contribution in [0.2, 0.25) is 5.02 Å². The summed E-state index contributed by atoms with van der Waals surface area (Å²) < 4.78 is 7.16. The fourth-order valence-corrected chi connectivity index (χ4v) is 3.75. The Morgan fingerprint density at radius 3 is 2.80 bits per heavy atom. The van der Waals surface area contributed by atoms with Gasteiger partial charge >= 0.3 is 0 Å². The number of benzene rings is 2. The number of amides is 1. The van der Waals surface area contributed by atoms with E-state index in [-0.39, 0.29) is 11.6 Å². The second-order valence-corrected chi connectivity index (χ2v) is 7.78. The van der Waals surface area contributed by atoms with Crippen molar-refractivity contribution in [2.24, 2.45) is 0 Å². The lowest BCUT2D eigenvalue weighted by atomic mass is 10.1. The first-order valence-electron chi connectivity index (χ1n) is 8.89. The van der Waals surface area contributed by atoms with Gasteiger partial charge in [-0.3, -0.25) is 10.1 Å². The van der Waals surface area contributed by atoms with E-state index in [1.807, 2.05) is 30.3 Å². The van der Waals surface area contributed by atoms with Gasteiger partial charge in [-0.25, -0.2) is 9.67 Å². The minimum absolute atomic E-state index is 0.230. The normalized spacial score (nSPS) is 11.1. The van der Waals surface area contributed by atoms with Crippen LogP contribution in [0.4, 0.5) is 5.13 Å². The Hall–Kier alpha value is -3.56. The molecule has 1 N–H and O–H groups in total. The average Bonchev–Trinajstić information content (AvgIpc) is 3.48. The van der Waals surface area contributed by atoms with E-state index in [0.29, 0.717) is 27.1 Å². The van der Waals surface area contributed by atoms with Crippen molar-refractivity contribution in [3.8, 4) is 17.0 Å². The summed E-state index contributed by atoms with van der Waals surface area (Å²) >= 11 is 7.32. The number of rotatable bonds is 4. The predicted molar refractivity (Wildman–Crippen MR) is 114 cm³/mol. The van der Waals surface area contributed by atoms with Gasteiger partial charge in [-0.05, 0) is 49.4 Å². The predicted octanol–water partition coefficient (Wildman–Crippen LogP) is 4.75. The van der Waals surface area contributed by atoms with E-state index in [4.69, 9.17) is 16.1 Å². The third-order valence-electron chi connectivity index (χ3n) is 4.57. The molecular weight excluding hydrogens is 424 g/mol. The number of nitrogens with one attached hydrogen (secondary N) is 1. The van der Waals surface area contributed by atoms with Crippen LogP contribution in [0.25, 0.3) is 27.9 Å². The highest BCUT2D eigenvalue weighted by atomic mass is 35.5. The maximum atomic E-state index is 12.5. The molecule has 3 aromatic heterocycles. The molecule has 0 fully saturated rings. The van der Waals surface area contributed by atoms with E-state index < -0.39 is 0 Å². The van der Waals surface area contributed by atoms with Crippen LogP contribution >= 0.6 is 22.9 Å². The Balaban J connectivity index is 1.52. The average molecular weight is 437 g/mol. The number of carbonyl (C=O) groups is 1. The molecule has 5 rings (SSSR count). The van der Waals surface area contributed by atoms with E-state index in [1.54, 1.807) is 35.3 Å². The quantitative estimate of drug-likeness (QED) is 0.436. The molecule has 0 radical (unpaired) electrons. The topological polar surface area (TPSA) is 98.7 Å². The number of anilines is 1. The summed E-state index contributed by atoms with van der Waals surface area (Å²) in [7, 11) is 0. The largest absolute Gasteiger partial charge is 0.355 e. The molecule has 1 amide bonds. The van der Waals surface area contributed by atoms with Crippen LogP contribution in [0.3, 0.4) is 0 Å². The monoisotopic (exact) mass is 436 g/mol. The van der Waals surface area contributed by atoms with Gasteiger partial charge in [0, 0.05) is 22.2 Å². The zero-order chi connectivity index (χ0) is 20.7. The van der Waals surface area contributed by atoms with Crippen molar-refractivity contribution in [1.82, 2.24) is 25.1 Å². The lowest BCUT2D eigenvalue weighted by molar-refractivity contribution is 0.102. The standard InChI is InChI=1S/C20H13ClN6O2S/c1-11-17(19(28)23-20-22-8-9-30-20)24-26-27(11)14-6-7-16-15(10-14)18(29-25-16)12-2-4-13(21)5-3-12/h2-10H,1H3,(H,22,23,28). The molecule has 0 unspecified atom stereocenters. The van der Waals surface area contributed by atoms with Gasteiger partial charge < -0.3 is 4.52 Å². The van der Waals surface area contributed by atoms with Gasteiger partial charge in [-0.2, -0.15) is 0 Å². The molecule has 5 aromatic rings. The highest BCUT2D eigenvalue weighted by Crippen LogP contribution is 2.31. The van der Waals surface area contributed by atoms with Crippen molar-refractivity contribution in [2.75, 3.05) is 5.32 Å². The number of thiazole rings is 1. The summed E-state index contributed by atoms with van der Waals surface area (Å²) in [6.07, 6.45) is 1.62. The molecule has 0 aliphatic rings. The van der Waals surface area contributed by atoms with E-state index in [1.165, 1.54) is 11.3 Å². The summed E-state index contributed by atoms with van der Waals surface area (Å²) in [5, 5.41) is 18.8. The van der Waals surface area contributed by atoms with Crippen LogP contribution in [0, 0.1) is 6.92 Å². The summed E-state index contributed by atoms with van der Waals surface area (Å²) in [5.41, 5.74) is 3.14. The number of carbonyl (C=O) groups excluding carboxylic acids is 1. The summed E-state index contributed by atoms with van der Waals surface area (Å²) in [6.45, 7) is 1.79. The van der Waals surface area contributed by atoms with Gasteiger partial charge in [0.05, 0.1) is 16.8 Å². The number of nitrogens with zero attached hydrogens (tertiary/aromatic N) is 5. The second kappa shape index (κ2) is 7.36. The zero-order valence-corrected chi connectivity index (χ0v) is 17.1. The molecule has 8 nitrogen and oxygen atoms in total. The smallest absolute Gasteiger partial charge is 0.279 e. The highest BCUT2D eigenvalue weighted by molar-refractivity contribution is 7.13. The maximum Gasteiger partial charge on any atom is 0.279 e. The van der Waals surface area contributed by atoms with Crippen molar-refractivity contribution in [2.45, 2.75) is 6.92 Å². The molecule has 10 heteroatoms.